The van der Waals surface area contributed by atoms with Crippen LogP contribution in [-0.4, -0.2) is 83.6 Å². The Morgan fingerprint density at radius 1 is 1.23 bits per heavy atom. The predicted octanol–water partition coefficient (Wildman–Crippen LogP) is 1.34. The SMILES string of the molecule is CC(C)(C)C(NC(=O)N1CCCOC1)C(=O)N1CC2C(C1C(=O)NC(C#N)CC1CC3(CC3)NC1=O)C2(C)C. The predicted molar refractivity (Wildman–Crippen MR) is 141 cm³/mol. The number of hydrogen-bond donors (Lipinski definition) is 3. The van der Waals surface area contributed by atoms with Gasteiger partial charge in [0.05, 0.1) is 12.7 Å². The molecule has 11 heteroatoms. The van der Waals surface area contributed by atoms with Crippen LogP contribution >= 0.6 is 0 Å². The van der Waals surface area contributed by atoms with Crippen molar-refractivity contribution in [3.05, 3.63) is 0 Å². The van der Waals surface area contributed by atoms with E-state index in [9.17, 15) is 24.4 Å². The first kappa shape index (κ1) is 27.7. The molecule has 39 heavy (non-hydrogen) atoms. The second kappa shape index (κ2) is 9.65. The second-order valence-electron chi connectivity index (χ2n) is 13.9. The summed E-state index contributed by atoms with van der Waals surface area (Å²) in [5, 5.41) is 18.7. The van der Waals surface area contributed by atoms with Gasteiger partial charge in [-0.3, -0.25) is 14.4 Å². The molecule has 3 saturated heterocycles. The van der Waals surface area contributed by atoms with Gasteiger partial charge in [-0.2, -0.15) is 5.26 Å². The third-order valence-corrected chi connectivity index (χ3v) is 9.63. The van der Waals surface area contributed by atoms with Crippen molar-refractivity contribution in [3.8, 4) is 6.07 Å². The number of hydrogen-bond acceptors (Lipinski definition) is 6. The van der Waals surface area contributed by atoms with Crippen LogP contribution in [0.2, 0.25) is 0 Å². The minimum Gasteiger partial charge on any atom is -0.361 e. The molecular formula is C28H42N6O5. The van der Waals surface area contributed by atoms with Gasteiger partial charge in [-0.25, -0.2) is 4.79 Å². The average molecular weight is 543 g/mol. The molecule has 5 fully saturated rings. The van der Waals surface area contributed by atoms with Crippen molar-refractivity contribution in [2.75, 3.05) is 26.4 Å². The van der Waals surface area contributed by atoms with Crippen molar-refractivity contribution in [2.45, 2.75) is 90.4 Å². The van der Waals surface area contributed by atoms with Gasteiger partial charge in [0.2, 0.25) is 17.7 Å². The van der Waals surface area contributed by atoms with Crippen molar-refractivity contribution < 1.29 is 23.9 Å². The molecule has 3 aliphatic heterocycles. The number of rotatable bonds is 6. The summed E-state index contributed by atoms with van der Waals surface area (Å²) in [5.41, 5.74) is -0.800. The summed E-state index contributed by atoms with van der Waals surface area (Å²) in [5.74, 6) is -0.877. The minimum absolute atomic E-state index is 0.0304. The third kappa shape index (κ3) is 5.20. The highest BCUT2D eigenvalue weighted by atomic mass is 16.5. The zero-order chi connectivity index (χ0) is 28.3. The quantitative estimate of drug-likeness (QED) is 0.462. The molecule has 5 rings (SSSR count). The van der Waals surface area contributed by atoms with E-state index in [1.165, 1.54) is 0 Å². The number of carbonyl (C=O) groups is 4. The van der Waals surface area contributed by atoms with Crippen LogP contribution in [0.3, 0.4) is 0 Å². The molecule has 5 aliphatic rings. The van der Waals surface area contributed by atoms with Gasteiger partial charge in [0, 0.05) is 24.5 Å². The fourth-order valence-electron chi connectivity index (χ4n) is 6.93. The monoisotopic (exact) mass is 542 g/mol. The van der Waals surface area contributed by atoms with Crippen LogP contribution in [0.4, 0.5) is 4.79 Å². The molecule has 0 radical (unpaired) electrons. The van der Waals surface area contributed by atoms with Gasteiger partial charge in [-0.1, -0.05) is 34.6 Å². The molecule has 214 valence electrons. The number of ether oxygens (including phenoxy) is 1. The molecule has 11 nitrogen and oxygen atoms in total. The Balaban J connectivity index is 1.30. The maximum atomic E-state index is 14.0. The Morgan fingerprint density at radius 2 is 1.95 bits per heavy atom. The molecule has 5 amide bonds. The fraction of sp³-hybridized carbons (Fsp3) is 0.821. The summed E-state index contributed by atoms with van der Waals surface area (Å²) in [4.78, 5) is 56.4. The van der Waals surface area contributed by atoms with E-state index in [1.54, 1.807) is 9.80 Å². The van der Waals surface area contributed by atoms with E-state index in [-0.39, 0.29) is 65.6 Å². The molecule has 0 aromatic heterocycles. The molecule has 3 heterocycles. The number of amides is 5. The number of piperidine rings is 1. The zero-order valence-electron chi connectivity index (χ0n) is 23.7. The smallest absolute Gasteiger partial charge is 0.319 e. The number of nitrogens with one attached hydrogen (secondary N) is 3. The molecule has 2 saturated carbocycles. The van der Waals surface area contributed by atoms with Crippen LogP contribution in [0.15, 0.2) is 0 Å². The standard InChI is InChI=1S/C28H42N6O5/c1-26(2,3)21(31-25(38)33-9-6-10-39-15-33)24(37)34-14-18-19(27(18,4)5)20(34)23(36)30-17(13-29)11-16-12-28(7-8-28)32-22(16)35/h16-21H,6-12,14-15H2,1-5H3,(H,30,36)(H,31,38)(H,32,35). The number of nitriles is 1. The number of fused-ring (bicyclic) bond motifs is 1. The lowest BCUT2D eigenvalue weighted by Gasteiger charge is -2.39. The van der Waals surface area contributed by atoms with Gasteiger partial charge < -0.3 is 30.5 Å². The maximum Gasteiger partial charge on any atom is 0.319 e. The van der Waals surface area contributed by atoms with Gasteiger partial charge in [0.25, 0.3) is 0 Å². The molecule has 0 bridgehead atoms. The van der Waals surface area contributed by atoms with Crippen LogP contribution < -0.4 is 16.0 Å². The maximum absolute atomic E-state index is 14.0. The summed E-state index contributed by atoms with van der Waals surface area (Å²) in [6.07, 6.45) is 3.61. The zero-order valence-corrected chi connectivity index (χ0v) is 23.7. The summed E-state index contributed by atoms with van der Waals surface area (Å²) in [7, 11) is 0. The number of likely N-dealkylation sites (tertiary alicyclic amines) is 1. The van der Waals surface area contributed by atoms with E-state index in [1.807, 2.05) is 20.8 Å². The Morgan fingerprint density at radius 3 is 2.51 bits per heavy atom. The normalized spacial score (nSPS) is 31.5. The van der Waals surface area contributed by atoms with E-state index >= 15 is 0 Å². The third-order valence-electron chi connectivity index (χ3n) is 9.63. The summed E-state index contributed by atoms with van der Waals surface area (Å²) >= 11 is 0. The molecule has 1 spiro atoms. The van der Waals surface area contributed by atoms with Crippen molar-refractivity contribution in [3.63, 3.8) is 0 Å². The van der Waals surface area contributed by atoms with Gasteiger partial charge in [-0.15, -0.1) is 0 Å². The van der Waals surface area contributed by atoms with Crippen LogP contribution in [0.5, 0.6) is 0 Å². The summed E-state index contributed by atoms with van der Waals surface area (Å²) in [6.45, 7) is 11.6. The Labute approximate surface area is 230 Å². The van der Waals surface area contributed by atoms with E-state index in [0.717, 1.165) is 19.3 Å². The topological polar surface area (TPSA) is 144 Å². The van der Waals surface area contributed by atoms with Crippen LogP contribution in [0.25, 0.3) is 0 Å². The lowest BCUT2D eigenvalue weighted by atomic mass is 9.85. The highest BCUT2D eigenvalue weighted by Crippen LogP contribution is 2.65. The van der Waals surface area contributed by atoms with Crippen molar-refractivity contribution in [2.24, 2.45) is 28.6 Å². The first-order chi connectivity index (χ1) is 18.3. The molecular weight excluding hydrogens is 500 g/mol. The lowest BCUT2D eigenvalue weighted by Crippen LogP contribution is -2.61. The van der Waals surface area contributed by atoms with Crippen LogP contribution in [0, 0.1) is 39.9 Å². The number of nitrogens with zero attached hydrogens (tertiary/aromatic N) is 3. The second-order valence-corrected chi connectivity index (χ2v) is 13.9. The fourth-order valence-corrected chi connectivity index (χ4v) is 6.93. The Bertz CT molecular complexity index is 1080. The first-order valence-corrected chi connectivity index (χ1v) is 14.2. The first-order valence-electron chi connectivity index (χ1n) is 14.2. The number of urea groups is 1. The molecule has 6 atom stereocenters. The van der Waals surface area contributed by atoms with E-state index in [2.05, 4.69) is 35.9 Å². The van der Waals surface area contributed by atoms with E-state index < -0.39 is 23.5 Å². The largest absolute Gasteiger partial charge is 0.361 e. The molecule has 3 N–H and O–H groups in total. The molecule has 0 aromatic rings. The van der Waals surface area contributed by atoms with Gasteiger partial charge in [-0.05, 0) is 54.8 Å². The Hall–Kier alpha value is -2.87. The van der Waals surface area contributed by atoms with Gasteiger partial charge >= 0.3 is 6.03 Å². The summed E-state index contributed by atoms with van der Waals surface area (Å²) in [6, 6.07) is -0.594. The van der Waals surface area contributed by atoms with Crippen molar-refractivity contribution >= 4 is 23.8 Å². The van der Waals surface area contributed by atoms with Crippen LogP contribution in [-0.2, 0) is 19.1 Å². The molecule has 6 unspecified atom stereocenters. The Kier molecular flexibility index (Phi) is 6.85. The van der Waals surface area contributed by atoms with Gasteiger partial charge in [0.15, 0.2) is 0 Å². The van der Waals surface area contributed by atoms with E-state index in [4.69, 9.17) is 4.74 Å². The van der Waals surface area contributed by atoms with Gasteiger partial charge in [0.1, 0.15) is 24.9 Å². The van der Waals surface area contributed by atoms with Crippen LogP contribution in [0.1, 0.15) is 66.7 Å². The lowest BCUT2D eigenvalue weighted by molar-refractivity contribution is -0.144. The van der Waals surface area contributed by atoms with E-state index in [0.29, 0.717) is 26.1 Å². The van der Waals surface area contributed by atoms with Crippen molar-refractivity contribution in [1.82, 2.24) is 25.8 Å². The highest BCUT2D eigenvalue weighted by Gasteiger charge is 2.70. The van der Waals surface area contributed by atoms with Crippen molar-refractivity contribution in [1.29, 1.82) is 5.26 Å². The molecule has 0 aromatic carbocycles. The number of carbonyl (C=O) groups excluding carboxylic acids is 4. The average Bonchev–Trinajstić information content (AvgIpc) is 3.60. The summed E-state index contributed by atoms with van der Waals surface area (Å²) < 4.78 is 5.40. The minimum atomic E-state index is -0.841. The highest BCUT2D eigenvalue weighted by molar-refractivity contribution is 5.94. The molecule has 2 aliphatic carbocycles.